The Morgan fingerprint density at radius 2 is 1.75 bits per heavy atom. The van der Waals surface area contributed by atoms with Gasteiger partial charge in [0.2, 0.25) is 5.91 Å². The van der Waals surface area contributed by atoms with Crippen LogP contribution in [0.15, 0.2) is 24.3 Å². The van der Waals surface area contributed by atoms with Crippen LogP contribution in [0.25, 0.3) is 0 Å². The van der Waals surface area contributed by atoms with Crippen LogP contribution in [0.2, 0.25) is 0 Å². The molecule has 0 spiro atoms. The number of benzene rings is 1. The first kappa shape index (κ1) is 23.1. The van der Waals surface area contributed by atoms with Crippen molar-refractivity contribution >= 4 is 11.8 Å². The Balaban J connectivity index is 1.13. The van der Waals surface area contributed by atoms with E-state index in [4.69, 9.17) is 9.47 Å². The zero-order valence-electron chi connectivity index (χ0n) is 19.3. The molecule has 0 aliphatic carbocycles. The molecular formula is C25H37N3O4. The molecule has 1 aromatic rings. The topological polar surface area (TPSA) is 71.1 Å². The lowest BCUT2D eigenvalue weighted by Crippen LogP contribution is -2.51. The van der Waals surface area contributed by atoms with E-state index in [0.29, 0.717) is 12.6 Å². The van der Waals surface area contributed by atoms with Crippen molar-refractivity contribution in [3.8, 4) is 5.75 Å². The van der Waals surface area contributed by atoms with E-state index < -0.39 is 0 Å². The summed E-state index contributed by atoms with van der Waals surface area (Å²) < 4.78 is 11.3. The molecule has 1 aromatic carbocycles. The summed E-state index contributed by atoms with van der Waals surface area (Å²) in [7, 11) is 0. The third-order valence-corrected chi connectivity index (χ3v) is 7.15. The van der Waals surface area contributed by atoms with Gasteiger partial charge in [0.1, 0.15) is 5.75 Å². The number of nitrogens with zero attached hydrogens (tertiary/aromatic N) is 2. The van der Waals surface area contributed by atoms with Crippen molar-refractivity contribution in [2.45, 2.75) is 57.6 Å². The van der Waals surface area contributed by atoms with Crippen LogP contribution in [-0.4, -0.2) is 79.7 Å². The number of likely N-dealkylation sites (tertiary alicyclic amines) is 2. The molecule has 7 nitrogen and oxygen atoms in total. The third kappa shape index (κ3) is 6.23. The van der Waals surface area contributed by atoms with Crippen LogP contribution in [0.1, 0.15) is 44.1 Å². The van der Waals surface area contributed by atoms with Crippen molar-refractivity contribution < 1.29 is 19.1 Å². The van der Waals surface area contributed by atoms with Gasteiger partial charge in [-0.25, -0.2) is 0 Å². The zero-order chi connectivity index (χ0) is 22.3. The second-order valence-electron chi connectivity index (χ2n) is 9.40. The fourth-order valence-corrected chi connectivity index (χ4v) is 5.04. The highest BCUT2D eigenvalue weighted by Crippen LogP contribution is 2.24. The lowest BCUT2D eigenvalue weighted by molar-refractivity contribution is -0.135. The molecular weight excluding hydrogens is 406 g/mol. The normalized spacial score (nSPS) is 23.3. The summed E-state index contributed by atoms with van der Waals surface area (Å²) >= 11 is 0. The summed E-state index contributed by atoms with van der Waals surface area (Å²) in [6, 6.07) is 8.29. The molecule has 3 aliphatic rings. The van der Waals surface area contributed by atoms with Crippen molar-refractivity contribution in [3.05, 3.63) is 29.8 Å². The SMILES string of the molecule is Cc1ccc(OCC(=O)N2CCC(N3CCC(C(=O)NCC4CCCO4)CC3)CC2)cc1. The van der Waals surface area contributed by atoms with Crippen molar-refractivity contribution in [3.63, 3.8) is 0 Å². The number of hydrogen-bond acceptors (Lipinski definition) is 5. The molecule has 1 atom stereocenters. The van der Waals surface area contributed by atoms with Gasteiger partial charge in [0.05, 0.1) is 6.10 Å². The number of carbonyl (C=O) groups excluding carboxylic acids is 2. The van der Waals surface area contributed by atoms with Gasteiger partial charge in [-0.05, 0) is 70.7 Å². The number of nitrogens with one attached hydrogen (secondary N) is 1. The molecule has 7 heteroatoms. The molecule has 1 N–H and O–H groups in total. The predicted octanol–water partition coefficient (Wildman–Crippen LogP) is 2.37. The number of amides is 2. The Hall–Kier alpha value is -2.12. The lowest BCUT2D eigenvalue weighted by atomic mass is 9.92. The number of ether oxygens (including phenoxy) is 2. The summed E-state index contributed by atoms with van der Waals surface area (Å²) in [4.78, 5) is 29.5. The van der Waals surface area contributed by atoms with Crippen LogP contribution in [0.5, 0.6) is 5.75 Å². The smallest absolute Gasteiger partial charge is 0.260 e. The number of rotatable bonds is 7. The minimum absolute atomic E-state index is 0.0608. The molecule has 1 unspecified atom stereocenters. The van der Waals surface area contributed by atoms with E-state index in [9.17, 15) is 9.59 Å². The first-order chi connectivity index (χ1) is 15.6. The molecule has 0 radical (unpaired) electrons. The Morgan fingerprint density at radius 3 is 2.41 bits per heavy atom. The predicted molar refractivity (Wildman–Crippen MR) is 123 cm³/mol. The standard InChI is InChI=1S/C25H37N3O4/c1-19-4-6-22(7-5-19)32-18-24(29)28-14-10-21(11-15-28)27-12-8-20(9-13-27)25(30)26-17-23-3-2-16-31-23/h4-7,20-21,23H,2-3,8-18H2,1H3,(H,26,30). The third-order valence-electron chi connectivity index (χ3n) is 7.15. The van der Waals surface area contributed by atoms with Crippen molar-refractivity contribution in [2.24, 2.45) is 5.92 Å². The fraction of sp³-hybridized carbons (Fsp3) is 0.680. The first-order valence-electron chi connectivity index (χ1n) is 12.2. The molecule has 2 amide bonds. The summed E-state index contributed by atoms with van der Waals surface area (Å²) in [5.74, 6) is 1.11. The van der Waals surface area contributed by atoms with Gasteiger partial charge >= 0.3 is 0 Å². The summed E-state index contributed by atoms with van der Waals surface area (Å²) in [5, 5.41) is 3.09. The number of piperidine rings is 2. The average molecular weight is 444 g/mol. The first-order valence-corrected chi connectivity index (χ1v) is 12.2. The number of hydrogen-bond donors (Lipinski definition) is 1. The number of aryl methyl sites for hydroxylation is 1. The van der Waals surface area contributed by atoms with Crippen LogP contribution >= 0.6 is 0 Å². The molecule has 3 heterocycles. The van der Waals surface area contributed by atoms with E-state index in [1.807, 2.05) is 36.1 Å². The molecule has 0 bridgehead atoms. The van der Waals surface area contributed by atoms with E-state index in [2.05, 4.69) is 10.2 Å². The van der Waals surface area contributed by atoms with Gasteiger partial charge in [-0.2, -0.15) is 0 Å². The van der Waals surface area contributed by atoms with Gasteiger partial charge in [0, 0.05) is 38.2 Å². The van der Waals surface area contributed by atoms with E-state index in [-0.39, 0.29) is 30.4 Å². The Kier molecular flexibility index (Phi) is 8.03. The summed E-state index contributed by atoms with van der Waals surface area (Å²) in [5.41, 5.74) is 1.18. The highest BCUT2D eigenvalue weighted by Gasteiger charge is 2.32. The minimum Gasteiger partial charge on any atom is -0.484 e. The van der Waals surface area contributed by atoms with E-state index in [0.717, 1.165) is 77.1 Å². The van der Waals surface area contributed by atoms with Crippen LogP contribution in [-0.2, 0) is 14.3 Å². The van der Waals surface area contributed by atoms with Gasteiger partial charge in [-0.15, -0.1) is 0 Å². The fourth-order valence-electron chi connectivity index (χ4n) is 5.04. The Morgan fingerprint density at radius 1 is 1.03 bits per heavy atom. The summed E-state index contributed by atoms with van der Waals surface area (Å²) in [6.45, 7) is 7.09. The maximum absolute atomic E-state index is 12.5. The maximum atomic E-state index is 12.5. The minimum atomic E-state index is 0.0608. The van der Waals surface area contributed by atoms with Gasteiger partial charge in [-0.1, -0.05) is 17.7 Å². The molecule has 3 aliphatic heterocycles. The molecule has 0 saturated carbocycles. The molecule has 32 heavy (non-hydrogen) atoms. The highest BCUT2D eigenvalue weighted by atomic mass is 16.5. The van der Waals surface area contributed by atoms with Crippen molar-refractivity contribution in [2.75, 3.05) is 45.9 Å². The van der Waals surface area contributed by atoms with Crippen molar-refractivity contribution in [1.29, 1.82) is 0 Å². The van der Waals surface area contributed by atoms with E-state index in [1.165, 1.54) is 5.56 Å². The largest absolute Gasteiger partial charge is 0.484 e. The molecule has 176 valence electrons. The van der Waals surface area contributed by atoms with Gasteiger partial charge in [0.25, 0.3) is 5.91 Å². The van der Waals surface area contributed by atoms with Gasteiger partial charge in [0.15, 0.2) is 6.61 Å². The second-order valence-corrected chi connectivity index (χ2v) is 9.40. The molecule has 3 fully saturated rings. The Labute approximate surface area is 191 Å². The van der Waals surface area contributed by atoms with Crippen LogP contribution in [0.3, 0.4) is 0 Å². The zero-order valence-corrected chi connectivity index (χ0v) is 19.3. The molecule has 0 aromatic heterocycles. The van der Waals surface area contributed by atoms with Crippen LogP contribution in [0.4, 0.5) is 0 Å². The molecule has 3 saturated heterocycles. The lowest BCUT2D eigenvalue weighted by Gasteiger charge is -2.41. The van der Waals surface area contributed by atoms with Gasteiger partial charge < -0.3 is 24.6 Å². The van der Waals surface area contributed by atoms with Crippen LogP contribution in [0, 0.1) is 12.8 Å². The van der Waals surface area contributed by atoms with E-state index >= 15 is 0 Å². The van der Waals surface area contributed by atoms with Gasteiger partial charge in [-0.3, -0.25) is 9.59 Å². The highest BCUT2D eigenvalue weighted by molar-refractivity contribution is 5.79. The summed E-state index contributed by atoms with van der Waals surface area (Å²) in [6.07, 6.45) is 6.18. The number of carbonyl (C=O) groups is 2. The average Bonchev–Trinajstić information content (AvgIpc) is 3.36. The monoisotopic (exact) mass is 443 g/mol. The molecule has 4 rings (SSSR count). The quantitative estimate of drug-likeness (QED) is 0.701. The Bertz CT molecular complexity index is 747. The van der Waals surface area contributed by atoms with Crippen LogP contribution < -0.4 is 10.1 Å². The van der Waals surface area contributed by atoms with Crippen molar-refractivity contribution in [1.82, 2.24) is 15.1 Å². The maximum Gasteiger partial charge on any atom is 0.260 e. The second kappa shape index (κ2) is 11.1. The van der Waals surface area contributed by atoms with E-state index in [1.54, 1.807) is 0 Å².